The van der Waals surface area contributed by atoms with Crippen LogP contribution < -0.4 is 0 Å². The highest BCUT2D eigenvalue weighted by Gasteiger charge is 1.94. The number of hydrogen-bond acceptors (Lipinski definition) is 0. The van der Waals surface area contributed by atoms with Crippen molar-refractivity contribution in [2.45, 2.75) is 27.2 Å². The van der Waals surface area contributed by atoms with Crippen LogP contribution >= 0.6 is 0 Å². The Labute approximate surface area is 58.3 Å². The van der Waals surface area contributed by atoms with Crippen LogP contribution in [0.2, 0.25) is 0 Å². The highest BCUT2D eigenvalue weighted by atomic mass is 14.0. The lowest BCUT2D eigenvalue weighted by atomic mass is 10.0. The molecule has 0 aliphatic heterocycles. The minimum Gasteiger partial charge on any atom is -0.100 e. The molecule has 0 radical (unpaired) electrons. The first-order valence-corrected chi connectivity index (χ1v) is 3.44. The molecule has 0 N–H and O–H groups in total. The van der Waals surface area contributed by atoms with Gasteiger partial charge in [-0.15, -0.1) is 6.58 Å². The largest absolute Gasteiger partial charge is 0.100 e. The van der Waals surface area contributed by atoms with Crippen molar-refractivity contribution in [1.29, 1.82) is 0 Å². The summed E-state index contributed by atoms with van der Waals surface area (Å²) in [6.07, 6.45) is 5.41. The molecule has 0 bridgehead atoms. The topological polar surface area (TPSA) is 0 Å². The molecule has 1 unspecified atom stereocenters. The lowest BCUT2D eigenvalue weighted by molar-refractivity contribution is 0.717. The van der Waals surface area contributed by atoms with Crippen LogP contribution in [0.1, 0.15) is 27.2 Å². The summed E-state index contributed by atoms with van der Waals surface area (Å²) in [6.45, 7) is 10.2. The van der Waals surface area contributed by atoms with Crippen LogP contribution in [0, 0.1) is 5.92 Å². The molecule has 1 atom stereocenters. The third-order valence-corrected chi connectivity index (χ3v) is 1.19. The van der Waals surface area contributed by atoms with Gasteiger partial charge in [0.15, 0.2) is 0 Å². The fourth-order valence-electron chi connectivity index (χ4n) is 0.946. The summed E-state index contributed by atoms with van der Waals surface area (Å²) < 4.78 is 0. The van der Waals surface area contributed by atoms with Crippen LogP contribution in [0.3, 0.4) is 0 Å². The van der Waals surface area contributed by atoms with Gasteiger partial charge in [-0.05, 0) is 26.2 Å². The molecule has 9 heavy (non-hydrogen) atoms. The van der Waals surface area contributed by atoms with Gasteiger partial charge in [0.2, 0.25) is 0 Å². The summed E-state index contributed by atoms with van der Waals surface area (Å²) in [5.74, 6) is 0.660. The Morgan fingerprint density at radius 1 is 1.67 bits per heavy atom. The zero-order chi connectivity index (χ0) is 7.28. The monoisotopic (exact) mass is 124 g/mol. The maximum absolute atomic E-state index is 3.84. The Kier molecular flexibility index (Phi) is 4.12. The molecule has 0 fully saturated rings. The minimum atomic E-state index is 0.660. The molecule has 0 aromatic carbocycles. The standard InChI is InChI=1S/C9H16/c1-5-6-9(4)7-8(2)3/h5-6,9H,2,7H2,1,3-4H3/b6-5-. The first kappa shape index (κ1) is 8.48. The molecule has 0 saturated heterocycles. The third kappa shape index (κ3) is 5.35. The molecule has 0 nitrogen and oxygen atoms in total. The van der Waals surface area contributed by atoms with Gasteiger partial charge >= 0.3 is 0 Å². The molecule has 0 aliphatic rings. The van der Waals surface area contributed by atoms with E-state index in [0.29, 0.717) is 5.92 Å². The molecule has 0 aromatic heterocycles. The quantitative estimate of drug-likeness (QED) is 0.507. The van der Waals surface area contributed by atoms with Crippen molar-refractivity contribution in [3.05, 3.63) is 24.3 Å². The Morgan fingerprint density at radius 2 is 2.22 bits per heavy atom. The van der Waals surface area contributed by atoms with Crippen LogP contribution in [0.25, 0.3) is 0 Å². The molecule has 0 rings (SSSR count). The van der Waals surface area contributed by atoms with Crippen LogP contribution in [-0.2, 0) is 0 Å². The van der Waals surface area contributed by atoms with E-state index >= 15 is 0 Å². The van der Waals surface area contributed by atoms with Gasteiger partial charge in [-0.3, -0.25) is 0 Å². The average Bonchev–Trinajstić information content (AvgIpc) is 1.63. The van der Waals surface area contributed by atoms with Crippen molar-refractivity contribution in [2.24, 2.45) is 5.92 Å². The van der Waals surface area contributed by atoms with Crippen LogP contribution in [-0.4, -0.2) is 0 Å². The van der Waals surface area contributed by atoms with E-state index in [2.05, 4.69) is 39.5 Å². The minimum absolute atomic E-state index is 0.660. The average molecular weight is 124 g/mol. The Bertz CT molecular complexity index is 109. The fraction of sp³-hybridized carbons (Fsp3) is 0.556. The van der Waals surface area contributed by atoms with Gasteiger partial charge in [0, 0.05) is 0 Å². The predicted molar refractivity (Wildman–Crippen MR) is 43.4 cm³/mol. The molecule has 0 heterocycles. The maximum Gasteiger partial charge on any atom is -0.0225 e. The number of rotatable bonds is 3. The van der Waals surface area contributed by atoms with Gasteiger partial charge in [-0.25, -0.2) is 0 Å². The van der Waals surface area contributed by atoms with Gasteiger partial charge in [0.05, 0.1) is 0 Å². The summed E-state index contributed by atoms with van der Waals surface area (Å²) in [5.41, 5.74) is 1.26. The molecular formula is C9H16. The lowest BCUT2D eigenvalue weighted by Crippen LogP contribution is -1.88. The summed E-state index contributed by atoms with van der Waals surface area (Å²) >= 11 is 0. The summed E-state index contributed by atoms with van der Waals surface area (Å²) in [4.78, 5) is 0. The Morgan fingerprint density at radius 3 is 2.56 bits per heavy atom. The van der Waals surface area contributed by atoms with Crippen molar-refractivity contribution in [1.82, 2.24) is 0 Å². The normalized spacial score (nSPS) is 14.1. The van der Waals surface area contributed by atoms with Crippen molar-refractivity contribution >= 4 is 0 Å². The Hall–Kier alpha value is -0.520. The molecule has 0 heteroatoms. The smallest absolute Gasteiger partial charge is 0.0225 e. The van der Waals surface area contributed by atoms with Crippen LogP contribution in [0.15, 0.2) is 24.3 Å². The van der Waals surface area contributed by atoms with Crippen LogP contribution in [0.5, 0.6) is 0 Å². The summed E-state index contributed by atoms with van der Waals surface area (Å²) in [7, 11) is 0. The molecule has 0 aromatic rings. The van der Waals surface area contributed by atoms with E-state index in [0.717, 1.165) is 6.42 Å². The van der Waals surface area contributed by atoms with E-state index in [9.17, 15) is 0 Å². The molecule has 0 aliphatic carbocycles. The highest BCUT2D eigenvalue weighted by molar-refractivity contribution is 4.95. The van der Waals surface area contributed by atoms with Gasteiger partial charge in [0.1, 0.15) is 0 Å². The molecule has 0 amide bonds. The molecule has 0 saturated carbocycles. The van der Waals surface area contributed by atoms with Crippen LogP contribution in [0.4, 0.5) is 0 Å². The van der Waals surface area contributed by atoms with Crippen molar-refractivity contribution in [2.75, 3.05) is 0 Å². The lowest BCUT2D eigenvalue weighted by Gasteiger charge is -2.02. The highest BCUT2D eigenvalue weighted by Crippen LogP contribution is 2.09. The fourth-order valence-corrected chi connectivity index (χ4v) is 0.946. The molecule has 0 spiro atoms. The van der Waals surface area contributed by atoms with Crippen molar-refractivity contribution in [3.63, 3.8) is 0 Å². The van der Waals surface area contributed by atoms with E-state index in [4.69, 9.17) is 0 Å². The van der Waals surface area contributed by atoms with E-state index in [1.54, 1.807) is 0 Å². The molecular weight excluding hydrogens is 108 g/mol. The SMILES string of the molecule is C=C(C)CC(C)/C=C\C. The van der Waals surface area contributed by atoms with E-state index in [1.807, 2.05) is 0 Å². The summed E-state index contributed by atoms with van der Waals surface area (Å²) in [6, 6.07) is 0. The zero-order valence-electron chi connectivity index (χ0n) is 6.65. The first-order chi connectivity index (χ1) is 4.16. The second kappa shape index (κ2) is 4.37. The van der Waals surface area contributed by atoms with Gasteiger partial charge in [-0.1, -0.05) is 24.6 Å². The number of allylic oxidation sites excluding steroid dienone is 3. The third-order valence-electron chi connectivity index (χ3n) is 1.19. The van der Waals surface area contributed by atoms with Crippen molar-refractivity contribution in [3.8, 4) is 0 Å². The zero-order valence-corrected chi connectivity index (χ0v) is 6.65. The Balaban J connectivity index is 3.50. The summed E-state index contributed by atoms with van der Waals surface area (Å²) in [5, 5.41) is 0. The second-order valence-electron chi connectivity index (χ2n) is 2.66. The number of hydrogen-bond donors (Lipinski definition) is 0. The van der Waals surface area contributed by atoms with Gasteiger partial charge in [0.25, 0.3) is 0 Å². The van der Waals surface area contributed by atoms with Crippen molar-refractivity contribution < 1.29 is 0 Å². The van der Waals surface area contributed by atoms with E-state index in [1.165, 1.54) is 5.57 Å². The van der Waals surface area contributed by atoms with E-state index < -0.39 is 0 Å². The molecule has 52 valence electrons. The first-order valence-electron chi connectivity index (χ1n) is 3.44. The van der Waals surface area contributed by atoms with Gasteiger partial charge < -0.3 is 0 Å². The maximum atomic E-state index is 3.84. The van der Waals surface area contributed by atoms with E-state index in [-0.39, 0.29) is 0 Å². The second-order valence-corrected chi connectivity index (χ2v) is 2.66. The predicted octanol–water partition coefficient (Wildman–Crippen LogP) is 3.16. The van der Waals surface area contributed by atoms with Gasteiger partial charge in [-0.2, -0.15) is 0 Å².